The quantitative estimate of drug-likeness (QED) is 0.631. The van der Waals surface area contributed by atoms with Crippen molar-refractivity contribution in [1.29, 1.82) is 0 Å². The highest BCUT2D eigenvalue weighted by atomic mass is 32.1. The Morgan fingerprint density at radius 1 is 1.40 bits per heavy atom. The van der Waals surface area contributed by atoms with Gasteiger partial charge >= 0.3 is 0 Å². The summed E-state index contributed by atoms with van der Waals surface area (Å²) in [5.41, 5.74) is 10.8. The van der Waals surface area contributed by atoms with Crippen LogP contribution in [0, 0.1) is 0 Å². The highest BCUT2D eigenvalue weighted by Crippen LogP contribution is 2.06. The minimum absolute atomic E-state index is 0.0255. The molecule has 2 aromatic heterocycles. The molecule has 4 N–H and O–H groups in total. The molecule has 2 rings (SSSR count). The third-order valence-corrected chi connectivity index (χ3v) is 3.22. The Kier molecular flexibility index (Phi) is 4.80. The maximum Gasteiger partial charge on any atom is 0.279 e. The lowest BCUT2D eigenvalue weighted by molar-refractivity contribution is -0.122. The number of aromatic nitrogens is 3. The summed E-state index contributed by atoms with van der Waals surface area (Å²) in [5.74, 6) is -0.741. The fraction of sp³-hybridized carbons (Fsp3) is 0.273. The molecule has 2 heterocycles. The van der Waals surface area contributed by atoms with Crippen LogP contribution in [0.5, 0.6) is 0 Å². The Balaban J connectivity index is 1.78. The second-order valence-corrected chi connectivity index (χ2v) is 4.87. The number of nitrogens with zero attached hydrogens (tertiary/aromatic N) is 3. The standard InChI is InChI=1S/C11H14N6O2S/c12-4-3-8-6-17(16-13-8)7-10(18)14-15-11(19)9-2-1-5-20-9/h1-2,5-6H,3-4,7,12H2,(H,14,18)(H,15,19). The second-order valence-electron chi connectivity index (χ2n) is 3.93. The number of hydrogen-bond donors (Lipinski definition) is 3. The SMILES string of the molecule is NCCc1cn(CC(=O)NNC(=O)c2cccs2)nn1. The Bertz CT molecular complexity index is 580. The van der Waals surface area contributed by atoms with Crippen molar-refractivity contribution in [2.24, 2.45) is 5.73 Å². The Hall–Kier alpha value is -2.26. The van der Waals surface area contributed by atoms with Crippen molar-refractivity contribution in [3.8, 4) is 0 Å². The third kappa shape index (κ3) is 3.87. The molecule has 0 aliphatic carbocycles. The monoisotopic (exact) mass is 294 g/mol. The third-order valence-electron chi connectivity index (χ3n) is 2.35. The van der Waals surface area contributed by atoms with Crippen LogP contribution in [0.3, 0.4) is 0 Å². The molecule has 0 saturated heterocycles. The van der Waals surface area contributed by atoms with E-state index in [0.717, 1.165) is 5.69 Å². The number of thiophene rings is 1. The molecule has 20 heavy (non-hydrogen) atoms. The molecule has 2 amide bonds. The number of carbonyl (C=O) groups excluding carboxylic acids is 2. The molecule has 106 valence electrons. The molecule has 2 aromatic rings. The van der Waals surface area contributed by atoms with E-state index < -0.39 is 0 Å². The van der Waals surface area contributed by atoms with Crippen LogP contribution >= 0.6 is 11.3 Å². The molecule has 0 fully saturated rings. The van der Waals surface area contributed by atoms with Crippen LogP contribution in [-0.2, 0) is 17.8 Å². The summed E-state index contributed by atoms with van der Waals surface area (Å²) in [7, 11) is 0. The number of carbonyl (C=O) groups is 2. The summed E-state index contributed by atoms with van der Waals surface area (Å²) in [6.45, 7) is 0.448. The first kappa shape index (κ1) is 14.2. The molecule has 0 atom stereocenters. The van der Waals surface area contributed by atoms with E-state index in [1.165, 1.54) is 16.0 Å². The predicted octanol–water partition coefficient (Wildman–Crippen LogP) is -0.698. The van der Waals surface area contributed by atoms with Crippen molar-refractivity contribution >= 4 is 23.2 Å². The van der Waals surface area contributed by atoms with Crippen LogP contribution in [0.4, 0.5) is 0 Å². The van der Waals surface area contributed by atoms with E-state index in [0.29, 0.717) is 17.8 Å². The molecular formula is C11H14N6O2S. The van der Waals surface area contributed by atoms with Crippen LogP contribution < -0.4 is 16.6 Å². The molecule has 8 nitrogen and oxygen atoms in total. The van der Waals surface area contributed by atoms with Crippen molar-refractivity contribution in [3.63, 3.8) is 0 Å². The smallest absolute Gasteiger partial charge is 0.279 e. The van der Waals surface area contributed by atoms with Gasteiger partial charge in [-0.2, -0.15) is 0 Å². The van der Waals surface area contributed by atoms with Gasteiger partial charge in [-0.05, 0) is 18.0 Å². The number of nitrogens with one attached hydrogen (secondary N) is 2. The summed E-state index contributed by atoms with van der Waals surface area (Å²) in [4.78, 5) is 23.7. The largest absolute Gasteiger partial charge is 0.330 e. The fourth-order valence-corrected chi connectivity index (χ4v) is 2.08. The zero-order valence-corrected chi connectivity index (χ0v) is 11.4. The van der Waals surface area contributed by atoms with Gasteiger partial charge < -0.3 is 5.73 Å². The molecule has 0 saturated carbocycles. The predicted molar refractivity (Wildman–Crippen MR) is 72.7 cm³/mol. The van der Waals surface area contributed by atoms with Gasteiger partial charge in [0.15, 0.2) is 0 Å². The highest BCUT2D eigenvalue weighted by Gasteiger charge is 2.09. The lowest BCUT2D eigenvalue weighted by atomic mass is 10.3. The van der Waals surface area contributed by atoms with E-state index in [1.807, 2.05) is 0 Å². The minimum Gasteiger partial charge on any atom is -0.330 e. The number of nitrogens with two attached hydrogens (primary N) is 1. The van der Waals surface area contributed by atoms with Crippen molar-refractivity contribution in [3.05, 3.63) is 34.3 Å². The first-order valence-corrected chi connectivity index (χ1v) is 6.79. The van der Waals surface area contributed by atoms with Crippen LogP contribution in [0.2, 0.25) is 0 Å². The maximum absolute atomic E-state index is 11.6. The van der Waals surface area contributed by atoms with E-state index in [9.17, 15) is 9.59 Å². The molecular weight excluding hydrogens is 280 g/mol. The molecule has 0 spiro atoms. The van der Waals surface area contributed by atoms with Gasteiger partial charge in [-0.1, -0.05) is 11.3 Å². The van der Waals surface area contributed by atoms with E-state index in [4.69, 9.17) is 5.73 Å². The molecule has 0 bridgehead atoms. The van der Waals surface area contributed by atoms with Crippen LogP contribution in [0.25, 0.3) is 0 Å². The van der Waals surface area contributed by atoms with E-state index in [2.05, 4.69) is 21.2 Å². The topological polar surface area (TPSA) is 115 Å². The maximum atomic E-state index is 11.6. The summed E-state index contributed by atoms with van der Waals surface area (Å²) < 4.78 is 1.39. The van der Waals surface area contributed by atoms with Crippen LogP contribution in [-0.4, -0.2) is 33.4 Å². The average Bonchev–Trinajstić information content (AvgIpc) is 3.08. The van der Waals surface area contributed by atoms with Crippen molar-refractivity contribution in [2.45, 2.75) is 13.0 Å². The van der Waals surface area contributed by atoms with E-state index >= 15 is 0 Å². The number of hydrogen-bond acceptors (Lipinski definition) is 6. The molecule has 0 radical (unpaired) electrons. The summed E-state index contributed by atoms with van der Waals surface area (Å²) in [5, 5.41) is 9.44. The fourth-order valence-electron chi connectivity index (χ4n) is 1.46. The van der Waals surface area contributed by atoms with Crippen LogP contribution in [0.15, 0.2) is 23.7 Å². The van der Waals surface area contributed by atoms with E-state index in [1.54, 1.807) is 23.7 Å². The van der Waals surface area contributed by atoms with Gasteiger partial charge in [0.1, 0.15) is 6.54 Å². The normalized spacial score (nSPS) is 10.2. The van der Waals surface area contributed by atoms with Gasteiger partial charge in [-0.15, -0.1) is 16.4 Å². The number of rotatable bonds is 5. The number of hydrazine groups is 1. The number of amides is 2. The van der Waals surface area contributed by atoms with Crippen molar-refractivity contribution in [1.82, 2.24) is 25.8 Å². The Morgan fingerprint density at radius 2 is 2.25 bits per heavy atom. The molecule has 0 aliphatic heterocycles. The molecule has 0 aliphatic rings. The summed E-state index contributed by atoms with van der Waals surface area (Å²) in [6.07, 6.45) is 2.25. The molecule has 0 aromatic carbocycles. The zero-order chi connectivity index (χ0) is 14.4. The summed E-state index contributed by atoms with van der Waals surface area (Å²) in [6, 6.07) is 3.43. The van der Waals surface area contributed by atoms with Gasteiger partial charge in [-0.3, -0.25) is 20.4 Å². The van der Waals surface area contributed by atoms with Gasteiger partial charge in [0.25, 0.3) is 11.8 Å². The first-order chi connectivity index (χ1) is 9.69. The first-order valence-electron chi connectivity index (χ1n) is 5.91. The van der Waals surface area contributed by atoms with Crippen molar-refractivity contribution in [2.75, 3.05) is 6.54 Å². The molecule has 9 heteroatoms. The minimum atomic E-state index is -0.390. The van der Waals surface area contributed by atoms with Gasteiger partial charge in [0.2, 0.25) is 0 Å². The highest BCUT2D eigenvalue weighted by molar-refractivity contribution is 7.12. The Labute approximate surface area is 118 Å². The van der Waals surface area contributed by atoms with Crippen molar-refractivity contribution < 1.29 is 9.59 Å². The Morgan fingerprint density at radius 3 is 2.95 bits per heavy atom. The lowest BCUT2D eigenvalue weighted by Gasteiger charge is -2.05. The van der Waals surface area contributed by atoms with Gasteiger partial charge in [0.05, 0.1) is 10.6 Å². The summed E-state index contributed by atoms with van der Waals surface area (Å²) >= 11 is 1.29. The van der Waals surface area contributed by atoms with Crippen LogP contribution in [0.1, 0.15) is 15.4 Å². The average molecular weight is 294 g/mol. The molecule has 0 unspecified atom stereocenters. The van der Waals surface area contributed by atoms with Gasteiger partial charge in [-0.25, -0.2) is 4.68 Å². The zero-order valence-electron chi connectivity index (χ0n) is 10.6. The van der Waals surface area contributed by atoms with Gasteiger partial charge in [0, 0.05) is 12.6 Å². The van der Waals surface area contributed by atoms with E-state index in [-0.39, 0.29) is 18.4 Å². The second kappa shape index (κ2) is 6.78. The lowest BCUT2D eigenvalue weighted by Crippen LogP contribution is -2.43.